The average Bonchev–Trinajstić information content (AvgIpc) is 2.39. The Morgan fingerprint density at radius 3 is 2.25 bits per heavy atom. The summed E-state index contributed by atoms with van der Waals surface area (Å²) in [5.74, 6) is 1.75. The van der Waals surface area contributed by atoms with Crippen LogP contribution < -0.4 is 0 Å². The Hall–Kier alpha value is -1.11. The van der Waals surface area contributed by atoms with E-state index in [9.17, 15) is 0 Å². The third kappa shape index (κ3) is 2.52. The van der Waals surface area contributed by atoms with Crippen molar-refractivity contribution < 1.29 is 4.42 Å². The highest BCUT2D eigenvalue weighted by Gasteiger charge is 2.17. The largest absolute Gasteiger partial charge is 0.343 e. The fourth-order valence-electron chi connectivity index (χ4n) is 2.63. The van der Waals surface area contributed by atoms with Gasteiger partial charge in [-0.3, -0.25) is 4.42 Å². The Morgan fingerprint density at radius 2 is 1.69 bits per heavy atom. The molecule has 0 aromatic carbocycles. The highest BCUT2D eigenvalue weighted by molar-refractivity contribution is 6.01. The normalized spacial score (nSPS) is 21.4. The number of rotatable bonds is 1. The van der Waals surface area contributed by atoms with Gasteiger partial charge in [-0.1, -0.05) is 24.8 Å². The van der Waals surface area contributed by atoms with E-state index < -0.39 is 0 Å². The van der Waals surface area contributed by atoms with Crippen LogP contribution in [0.3, 0.4) is 0 Å². The SMILES string of the molecule is C[O+]=C1C=CC(=C(C)C2CCCCC2)C=C1. The highest BCUT2D eigenvalue weighted by Crippen LogP contribution is 2.32. The van der Waals surface area contributed by atoms with Crippen molar-refractivity contribution in [2.75, 3.05) is 7.11 Å². The summed E-state index contributed by atoms with van der Waals surface area (Å²) in [5.41, 5.74) is 2.94. The number of hydrogen-bond acceptors (Lipinski definition) is 0. The van der Waals surface area contributed by atoms with Crippen LogP contribution in [0, 0.1) is 5.92 Å². The van der Waals surface area contributed by atoms with Crippen LogP contribution in [0.2, 0.25) is 0 Å². The summed E-state index contributed by atoms with van der Waals surface area (Å²) in [6, 6.07) is 0. The van der Waals surface area contributed by atoms with Crippen LogP contribution in [0.5, 0.6) is 0 Å². The molecule has 0 spiro atoms. The number of ketones is 1. The van der Waals surface area contributed by atoms with Crippen molar-refractivity contribution in [3.63, 3.8) is 0 Å². The molecule has 2 rings (SSSR count). The van der Waals surface area contributed by atoms with Crippen LogP contribution in [0.1, 0.15) is 39.0 Å². The summed E-state index contributed by atoms with van der Waals surface area (Å²) in [6.07, 6.45) is 15.5. The van der Waals surface area contributed by atoms with Crippen molar-refractivity contribution >= 4 is 5.78 Å². The van der Waals surface area contributed by atoms with Crippen LogP contribution >= 0.6 is 0 Å². The van der Waals surface area contributed by atoms with E-state index in [-0.39, 0.29) is 0 Å². The topological polar surface area (TPSA) is 11.3 Å². The predicted molar refractivity (Wildman–Crippen MR) is 68.5 cm³/mol. The molecule has 0 aromatic rings. The molecular weight excluding hydrogens is 196 g/mol. The van der Waals surface area contributed by atoms with E-state index in [0.29, 0.717) is 0 Å². The second-order valence-corrected chi connectivity index (χ2v) is 4.75. The molecule has 2 aliphatic carbocycles. The van der Waals surface area contributed by atoms with Crippen molar-refractivity contribution in [1.29, 1.82) is 0 Å². The maximum atomic E-state index is 5.19. The summed E-state index contributed by atoms with van der Waals surface area (Å²) >= 11 is 0. The molecule has 1 nitrogen and oxygen atoms in total. The number of carbonyl (C=O) groups excluding carboxylic acids is 1. The molecule has 2 aliphatic rings. The Morgan fingerprint density at radius 1 is 1.06 bits per heavy atom. The fourth-order valence-corrected chi connectivity index (χ4v) is 2.63. The van der Waals surface area contributed by atoms with E-state index in [4.69, 9.17) is 4.42 Å². The minimum Gasteiger partial charge on any atom is -0.258 e. The lowest BCUT2D eigenvalue weighted by molar-refractivity contribution is -0.417. The molecule has 16 heavy (non-hydrogen) atoms. The summed E-state index contributed by atoms with van der Waals surface area (Å²) in [7, 11) is 1.71. The molecule has 0 bridgehead atoms. The molecule has 86 valence electrons. The summed E-state index contributed by atoms with van der Waals surface area (Å²) < 4.78 is 5.19. The molecular formula is C15H21O+. The Bertz CT molecular complexity index is 345. The molecule has 0 aromatic heterocycles. The van der Waals surface area contributed by atoms with Gasteiger partial charge in [0.05, 0.1) is 0 Å². The van der Waals surface area contributed by atoms with Crippen LogP contribution in [0.4, 0.5) is 0 Å². The lowest BCUT2D eigenvalue weighted by Gasteiger charge is -2.23. The van der Waals surface area contributed by atoms with Crippen molar-refractivity contribution in [2.24, 2.45) is 5.92 Å². The standard InChI is InChI=1S/C15H21O/c1-12(13-6-4-3-5-7-13)14-8-10-15(16-2)11-9-14/h8-11,13H,3-7H2,1-2H3/q+1. The Balaban J connectivity index is 2.13. The maximum absolute atomic E-state index is 5.19. The first-order valence-electron chi connectivity index (χ1n) is 6.29. The van der Waals surface area contributed by atoms with Crippen molar-refractivity contribution in [2.45, 2.75) is 39.0 Å². The van der Waals surface area contributed by atoms with E-state index in [1.54, 1.807) is 12.7 Å². The third-order valence-electron chi connectivity index (χ3n) is 3.76. The van der Waals surface area contributed by atoms with Crippen LogP contribution in [-0.2, 0) is 4.42 Å². The second kappa shape index (κ2) is 5.29. The van der Waals surface area contributed by atoms with Gasteiger partial charge in [0, 0.05) is 12.2 Å². The van der Waals surface area contributed by atoms with Crippen molar-refractivity contribution in [3.8, 4) is 0 Å². The maximum Gasteiger partial charge on any atom is 0.343 e. The van der Waals surface area contributed by atoms with Gasteiger partial charge in [0.25, 0.3) is 7.11 Å². The molecule has 0 aliphatic heterocycles. The van der Waals surface area contributed by atoms with Gasteiger partial charge in [-0.2, -0.15) is 0 Å². The van der Waals surface area contributed by atoms with Gasteiger partial charge in [0.1, 0.15) is 0 Å². The minimum atomic E-state index is 0.808. The van der Waals surface area contributed by atoms with Gasteiger partial charge in [-0.25, -0.2) is 0 Å². The number of allylic oxidation sites excluding steroid dienone is 6. The molecule has 0 radical (unpaired) electrons. The van der Waals surface area contributed by atoms with Gasteiger partial charge >= 0.3 is 5.78 Å². The zero-order valence-electron chi connectivity index (χ0n) is 10.3. The van der Waals surface area contributed by atoms with Crippen LogP contribution in [0.15, 0.2) is 35.5 Å². The van der Waals surface area contributed by atoms with Gasteiger partial charge in [-0.05, 0) is 43.4 Å². The zero-order valence-corrected chi connectivity index (χ0v) is 10.3. The Labute approximate surface area is 98.2 Å². The minimum absolute atomic E-state index is 0.808. The number of hydrogen-bond donors (Lipinski definition) is 0. The third-order valence-corrected chi connectivity index (χ3v) is 3.76. The van der Waals surface area contributed by atoms with Gasteiger partial charge < -0.3 is 0 Å². The summed E-state index contributed by atoms with van der Waals surface area (Å²) in [5, 5.41) is 0. The lowest BCUT2D eigenvalue weighted by Crippen LogP contribution is -2.09. The van der Waals surface area contributed by atoms with E-state index in [0.717, 1.165) is 11.7 Å². The average molecular weight is 217 g/mol. The summed E-state index contributed by atoms with van der Waals surface area (Å²) in [4.78, 5) is 0. The first-order valence-corrected chi connectivity index (χ1v) is 6.29. The summed E-state index contributed by atoms with van der Waals surface area (Å²) in [6.45, 7) is 2.29. The first kappa shape index (κ1) is 11.4. The van der Waals surface area contributed by atoms with E-state index in [2.05, 4.69) is 31.2 Å². The highest BCUT2D eigenvalue weighted by atomic mass is 16.4. The zero-order chi connectivity index (χ0) is 11.4. The second-order valence-electron chi connectivity index (χ2n) is 4.75. The van der Waals surface area contributed by atoms with Gasteiger partial charge in [0.15, 0.2) is 0 Å². The lowest BCUT2D eigenvalue weighted by atomic mass is 9.82. The molecule has 0 unspecified atom stereocenters. The van der Waals surface area contributed by atoms with Crippen LogP contribution in [0.25, 0.3) is 0 Å². The molecule has 0 saturated heterocycles. The molecule has 1 saturated carbocycles. The van der Waals surface area contributed by atoms with E-state index in [1.165, 1.54) is 37.7 Å². The van der Waals surface area contributed by atoms with E-state index in [1.807, 2.05) is 0 Å². The smallest absolute Gasteiger partial charge is 0.258 e. The molecule has 1 fully saturated rings. The predicted octanol–water partition coefficient (Wildman–Crippen LogP) is 3.74. The van der Waals surface area contributed by atoms with Crippen LogP contribution in [-0.4, -0.2) is 12.9 Å². The van der Waals surface area contributed by atoms with Gasteiger partial charge in [0.2, 0.25) is 0 Å². The fraction of sp³-hybridized carbons (Fsp3) is 0.533. The first-order chi connectivity index (χ1) is 7.81. The Kier molecular flexibility index (Phi) is 3.76. The molecule has 0 atom stereocenters. The van der Waals surface area contributed by atoms with E-state index >= 15 is 0 Å². The molecule has 0 N–H and O–H groups in total. The molecule has 0 amide bonds. The molecule has 0 heterocycles. The van der Waals surface area contributed by atoms with Gasteiger partial charge in [-0.15, -0.1) is 0 Å². The molecule has 1 heteroatoms. The quantitative estimate of drug-likeness (QED) is 0.593. The monoisotopic (exact) mass is 217 g/mol. The van der Waals surface area contributed by atoms with Crippen molar-refractivity contribution in [3.05, 3.63) is 35.5 Å². The van der Waals surface area contributed by atoms with Crippen molar-refractivity contribution in [1.82, 2.24) is 0 Å².